The zero-order chi connectivity index (χ0) is 11.1. The van der Waals surface area contributed by atoms with Crippen LogP contribution in [0.5, 0.6) is 5.75 Å². The van der Waals surface area contributed by atoms with Crippen LogP contribution in [0.15, 0.2) is 24.3 Å². The molecule has 0 heterocycles. The summed E-state index contributed by atoms with van der Waals surface area (Å²) in [5.41, 5.74) is 0.966. The fourth-order valence-electron chi connectivity index (χ4n) is 1.70. The van der Waals surface area contributed by atoms with Gasteiger partial charge >= 0.3 is 0 Å². The molecule has 0 saturated heterocycles. The summed E-state index contributed by atoms with van der Waals surface area (Å²) in [7, 11) is 0. The van der Waals surface area contributed by atoms with Gasteiger partial charge in [-0.1, -0.05) is 32.4 Å². The van der Waals surface area contributed by atoms with Crippen LogP contribution < -0.4 is 4.90 Å². The third kappa shape index (κ3) is 3.46. The Morgan fingerprint density at radius 2 is 1.80 bits per heavy atom. The summed E-state index contributed by atoms with van der Waals surface area (Å²) in [6.45, 7) is 6.40. The van der Waals surface area contributed by atoms with Crippen LogP contribution in [0.2, 0.25) is 0 Å². The van der Waals surface area contributed by atoms with Gasteiger partial charge in [-0.2, -0.15) is 0 Å². The Morgan fingerprint density at radius 3 is 2.40 bits per heavy atom. The summed E-state index contributed by atoms with van der Waals surface area (Å²) in [5, 5.41) is 9.77. The van der Waals surface area contributed by atoms with E-state index in [0.717, 1.165) is 25.2 Å². The Kier molecular flexibility index (Phi) is 5.02. The molecule has 0 bridgehead atoms. The molecule has 15 heavy (non-hydrogen) atoms. The lowest BCUT2D eigenvalue weighted by Gasteiger charge is -2.24. The maximum Gasteiger partial charge on any atom is 0.138 e. The van der Waals surface area contributed by atoms with E-state index in [4.69, 9.17) is 0 Å². The van der Waals surface area contributed by atoms with Crippen molar-refractivity contribution >= 4 is 5.69 Å². The molecule has 0 aromatic heterocycles. The highest BCUT2D eigenvalue weighted by Crippen LogP contribution is 2.26. The van der Waals surface area contributed by atoms with Crippen LogP contribution in [0.25, 0.3) is 0 Å². The molecule has 1 N–H and O–H groups in total. The number of phenols is 1. The normalized spacial score (nSPS) is 10.3. The van der Waals surface area contributed by atoms with Crippen LogP contribution in [0.1, 0.15) is 33.1 Å². The van der Waals surface area contributed by atoms with Gasteiger partial charge in [0.05, 0.1) is 5.69 Å². The number of nitrogens with zero attached hydrogens (tertiary/aromatic N) is 1. The molecule has 0 spiro atoms. The van der Waals surface area contributed by atoms with Crippen molar-refractivity contribution in [2.45, 2.75) is 33.1 Å². The molecular weight excluding hydrogens is 186 g/mol. The minimum Gasteiger partial charge on any atom is -0.506 e. The van der Waals surface area contributed by atoms with Crippen molar-refractivity contribution in [1.29, 1.82) is 0 Å². The van der Waals surface area contributed by atoms with Crippen molar-refractivity contribution in [1.82, 2.24) is 0 Å². The molecule has 1 aromatic carbocycles. The Balaban J connectivity index is 2.74. The van der Waals surface area contributed by atoms with Crippen molar-refractivity contribution < 1.29 is 5.11 Å². The summed E-state index contributed by atoms with van der Waals surface area (Å²) in [6.07, 6.45) is 3.47. The standard InChI is InChI=1S/C13H21NO/c1-3-5-11-14(10-4-2)12-8-6-7-9-13(12)15/h6-9,15H,3-5,10-11H2,1-2H3. The van der Waals surface area contributed by atoms with E-state index in [0.29, 0.717) is 5.75 Å². The van der Waals surface area contributed by atoms with E-state index < -0.39 is 0 Å². The number of para-hydroxylation sites is 2. The molecule has 0 aliphatic heterocycles. The zero-order valence-corrected chi connectivity index (χ0v) is 9.74. The van der Waals surface area contributed by atoms with Crippen molar-refractivity contribution in [2.75, 3.05) is 18.0 Å². The SMILES string of the molecule is CCCCN(CCC)c1ccccc1O. The molecule has 2 nitrogen and oxygen atoms in total. The molecule has 0 amide bonds. The average Bonchev–Trinajstić information content (AvgIpc) is 2.25. The van der Waals surface area contributed by atoms with Crippen molar-refractivity contribution in [3.05, 3.63) is 24.3 Å². The van der Waals surface area contributed by atoms with E-state index in [2.05, 4.69) is 18.7 Å². The Bertz CT molecular complexity index is 286. The Labute approximate surface area is 92.5 Å². The van der Waals surface area contributed by atoms with Crippen molar-refractivity contribution in [2.24, 2.45) is 0 Å². The van der Waals surface area contributed by atoms with E-state index in [1.807, 2.05) is 18.2 Å². The minimum absolute atomic E-state index is 0.391. The molecule has 0 radical (unpaired) electrons. The second-order valence-electron chi connectivity index (χ2n) is 3.83. The van der Waals surface area contributed by atoms with Crippen molar-refractivity contribution in [3.8, 4) is 5.75 Å². The molecule has 0 fully saturated rings. The molecule has 0 aliphatic rings. The summed E-state index contributed by atoms with van der Waals surface area (Å²) >= 11 is 0. The Hall–Kier alpha value is -1.18. The first-order chi connectivity index (χ1) is 7.29. The van der Waals surface area contributed by atoms with E-state index >= 15 is 0 Å². The molecule has 1 rings (SSSR count). The number of anilines is 1. The minimum atomic E-state index is 0.391. The number of hydrogen-bond donors (Lipinski definition) is 1. The van der Waals surface area contributed by atoms with E-state index in [1.165, 1.54) is 12.8 Å². The third-order valence-electron chi connectivity index (χ3n) is 2.50. The smallest absolute Gasteiger partial charge is 0.138 e. The summed E-state index contributed by atoms with van der Waals surface area (Å²) in [5.74, 6) is 0.391. The highest BCUT2D eigenvalue weighted by molar-refractivity contribution is 5.57. The molecule has 0 aliphatic carbocycles. The fraction of sp³-hybridized carbons (Fsp3) is 0.538. The lowest BCUT2D eigenvalue weighted by Crippen LogP contribution is -2.25. The molecule has 0 atom stereocenters. The largest absolute Gasteiger partial charge is 0.506 e. The first-order valence-corrected chi connectivity index (χ1v) is 5.82. The van der Waals surface area contributed by atoms with Gasteiger partial charge < -0.3 is 10.0 Å². The van der Waals surface area contributed by atoms with E-state index in [-0.39, 0.29) is 0 Å². The zero-order valence-electron chi connectivity index (χ0n) is 9.74. The molecule has 2 heteroatoms. The second kappa shape index (κ2) is 6.33. The van der Waals surface area contributed by atoms with Crippen molar-refractivity contribution in [3.63, 3.8) is 0 Å². The maximum absolute atomic E-state index is 9.77. The van der Waals surface area contributed by atoms with Crippen LogP contribution in [0.3, 0.4) is 0 Å². The van der Waals surface area contributed by atoms with Gasteiger partial charge in [-0.3, -0.25) is 0 Å². The van der Waals surface area contributed by atoms with Crippen LogP contribution in [-0.4, -0.2) is 18.2 Å². The summed E-state index contributed by atoms with van der Waals surface area (Å²) < 4.78 is 0. The number of aromatic hydroxyl groups is 1. The van der Waals surface area contributed by atoms with Crippen LogP contribution in [0, 0.1) is 0 Å². The third-order valence-corrected chi connectivity index (χ3v) is 2.50. The average molecular weight is 207 g/mol. The summed E-state index contributed by atoms with van der Waals surface area (Å²) in [4.78, 5) is 2.26. The topological polar surface area (TPSA) is 23.5 Å². The first kappa shape index (κ1) is 11.9. The molecule has 0 saturated carbocycles. The summed E-state index contributed by atoms with van der Waals surface area (Å²) in [6, 6.07) is 7.58. The van der Waals surface area contributed by atoms with Gasteiger partial charge in [0.25, 0.3) is 0 Å². The quantitative estimate of drug-likeness (QED) is 0.772. The van der Waals surface area contributed by atoms with Gasteiger partial charge in [0.15, 0.2) is 0 Å². The van der Waals surface area contributed by atoms with Gasteiger partial charge in [-0.25, -0.2) is 0 Å². The second-order valence-corrected chi connectivity index (χ2v) is 3.83. The lowest BCUT2D eigenvalue weighted by atomic mass is 10.2. The van der Waals surface area contributed by atoms with E-state index in [1.54, 1.807) is 6.07 Å². The van der Waals surface area contributed by atoms with Crippen LogP contribution in [0.4, 0.5) is 5.69 Å². The maximum atomic E-state index is 9.77. The number of hydrogen-bond acceptors (Lipinski definition) is 2. The lowest BCUT2D eigenvalue weighted by molar-refractivity contribution is 0.473. The number of unbranched alkanes of at least 4 members (excludes halogenated alkanes) is 1. The number of rotatable bonds is 6. The molecule has 84 valence electrons. The molecule has 1 aromatic rings. The highest BCUT2D eigenvalue weighted by atomic mass is 16.3. The van der Waals surface area contributed by atoms with E-state index in [9.17, 15) is 5.11 Å². The first-order valence-electron chi connectivity index (χ1n) is 5.82. The fourth-order valence-corrected chi connectivity index (χ4v) is 1.70. The van der Waals surface area contributed by atoms with Gasteiger partial charge in [0.2, 0.25) is 0 Å². The number of phenolic OH excluding ortho intramolecular Hbond substituents is 1. The predicted molar refractivity (Wildman–Crippen MR) is 65.5 cm³/mol. The van der Waals surface area contributed by atoms with Crippen LogP contribution in [-0.2, 0) is 0 Å². The monoisotopic (exact) mass is 207 g/mol. The molecular formula is C13H21NO. The van der Waals surface area contributed by atoms with Gasteiger partial charge in [-0.05, 0) is 25.0 Å². The Morgan fingerprint density at radius 1 is 1.07 bits per heavy atom. The number of benzene rings is 1. The van der Waals surface area contributed by atoms with Gasteiger partial charge in [0.1, 0.15) is 5.75 Å². The molecule has 0 unspecified atom stereocenters. The highest BCUT2D eigenvalue weighted by Gasteiger charge is 2.08. The predicted octanol–water partition coefficient (Wildman–Crippen LogP) is 3.41. The van der Waals surface area contributed by atoms with Crippen LogP contribution >= 0.6 is 0 Å². The van der Waals surface area contributed by atoms with Gasteiger partial charge in [-0.15, -0.1) is 0 Å². The van der Waals surface area contributed by atoms with Gasteiger partial charge in [0, 0.05) is 13.1 Å².